The lowest BCUT2D eigenvalue weighted by Gasteiger charge is -2.21. The van der Waals surface area contributed by atoms with Crippen molar-refractivity contribution in [3.05, 3.63) is 54.1 Å². The van der Waals surface area contributed by atoms with Gasteiger partial charge in [0, 0.05) is 10.6 Å². The van der Waals surface area contributed by atoms with Crippen LogP contribution < -0.4 is 10.1 Å². The zero-order valence-corrected chi connectivity index (χ0v) is 14.9. The van der Waals surface area contributed by atoms with Gasteiger partial charge in [-0.05, 0) is 62.9 Å². The molecule has 0 saturated carbocycles. The average molecular weight is 329 g/mol. The van der Waals surface area contributed by atoms with Gasteiger partial charge < -0.3 is 10.1 Å². The normalized spacial score (nSPS) is 11.1. The number of amides is 1. The summed E-state index contributed by atoms with van der Waals surface area (Å²) in [7, 11) is 0. The molecule has 0 aliphatic carbocycles. The van der Waals surface area contributed by atoms with Crippen LogP contribution in [0.2, 0.25) is 0 Å². The summed E-state index contributed by atoms with van der Waals surface area (Å²) in [5, 5.41) is 2.93. The van der Waals surface area contributed by atoms with E-state index in [1.807, 2.05) is 75.6 Å². The summed E-state index contributed by atoms with van der Waals surface area (Å²) >= 11 is 1.65. The summed E-state index contributed by atoms with van der Waals surface area (Å²) in [5.74, 6) is 0.794. The topological polar surface area (TPSA) is 38.3 Å². The van der Waals surface area contributed by atoms with E-state index in [2.05, 4.69) is 5.32 Å². The molecule has 3 nitrogen and oxygen atoms in total. The summed E-state index contributed by atoms with van der Waals surface area (Å²) in [5.41, 5.74) is 1.57. The Morgan fingerprint density at radius 2 is 1.83 bits per heavy atom. The number of carbonyl (C=O) groups excluding carboxylic acids is 1. The molecule has 0 unspecified atom stereocenters. The number of rotatable bonds is 5. The Morgan fingerprint density at radius 1 is 1.13 bits per heavy atom. The molecule has 1 N–H and O–H groups in total. The molecule has 0 saturated heterocycles. The van der Waals surface area contributed by atoms with E-state index in [-0.39, 0.29) is 11.5 Å². The zero-order valence-electron chi connectivity index (χ0n) is 14.1. The van der Waals surface area contributed by atoms with E-state index in [1.54, 1.807) is 11.8 Å². The van der Waals surface area contributed by atoms with Crippen molar-refractivity contribution in [2.24, 2.45) is 0 Å². The Morgan fingerprint density at radius 3 is 2.43 bits per heavy atom. The van der Waals surface area contributed by atoms with Crippen LogP contribution in [0.25, 0.3) is 0 Å². The number of hydrogen-bond acceptors (Lipinski definition) is 3. The molecule has 0 aliphatic rings. The van der Waals surface area contributed by atoms with Gasteiger partial charge in [-0.1, -0.05) is 18.2 Å². The summed E-state index contributed by atoms with van der Waals surface area (Å²) in [4.78, 5) is 13.3. The molecule has 2 rings (SSSR count). The number of carbonyl (C=O) groups is 1. The number of nitrogens with one attached hydrogen (secondary N) is 1. The van der Waals surface area contributed by atoms with Crippen molar-refractivity contribution < 1.29 is 9.53 Å². The van der Waals surface area contributed by atoms with E-state index >= 15 is 0 Å². The summed E-state index contributed by atoms with van der Waals surface area (Å²) in [6.07, 6.45) is 2.36. The van der Waals surface area contributed by atoms with Gasteiger partial charge in [-0.15, -0.1) is 11.8 Å². The van der Waals surface area contributed by atoms with Gasteiger partial charge in [0.1, 0.15) is 11.4 Å². The summed E-state index contributed by atoms with van der Waals surface area (Å²) in [6.45, 7) is 6.03. The molecule has 0 fully saturated rings. The number of thioether (sulfide) groups is 1. The highest BCUT2D eigenvalue weighted by atomic mass is 32.2. The SMILES string of the molecule is CSc1cccc(NC(=O)Cc2ccc(OC(C)(C)C)cc2)c1. The maximum atomic E-state index is 12.1. The fraction of sp³-hybridized carbons (Fsp3) is 0.316. The molecule has 23 heavy (non-hydrogen) atoms. The van der Waals surface area contributed by atoms with Crippen LogP contribution in [0.4, 0.5) is 5.69 Å². The van der Waals surface area contributed by atoms with Crippen LogP contribution in [0, 0.1) is 0 Å². The van der Waals surface area contributed by atoms with Gasteiger partial charge in [0.15, 0.2) is 0 Å². The van der Waals surface area contributed by atoms with E-state index in [4.69, 9.17) is 4.74 Å². The minimum absolute atomic E-state index is 0.0206. The first-order valence-corrected chi connectivity index (χ1v) is 8.80. The quantitative estimate of drug-likeness (QED) is 0.803. The molecule has 0 bridgehead atoms. The lowest BCUT2D eigenvalue weighted by Crippen LogP contribution is -2.22. The molecule has 4 heteroatoms. The standard InChI is InChI=1S/C19H23NO2S/c1-19(2,3)22-16-10-8-14(9-11-16)12-18(21)20-15-6-5-7-17(13-15)23-4/h5-11,13H,12H2,1-4H3,(H,20,21). The van der Waals surface area contributed by atoms with Gasteiger partial charge in [-0.2, -0.15) is 0 Å². The van der Waals surface area contributed by atoms with Gasteiger partial charge in [-0.3, -0.25) is 4.79 Å². The monoisotopic (exact) mass is 329 g/mol. The van der Waals surface area contributed by atoms with Crippen LogP contribution in [0.1, 0.15) is 26.3 Å². The first-order chi connectivity index (χ1) is 10.9. The first kappa shape index (κ1) is 17.4. The molecule has 0 heterocycles. The fourth-order valence-corrected chi connectivity index (χ4v) is 2.58. The molecule has 2 aromatic carbocycles. The molecule has 122 valence electrons. The van der Waals surface area contributed by atoms with E-state index in [9.17, 15) is 4.79 Å². The Bertz CT molecular complexity index is 660. The minimum atomic E-state index is -0.221. The van der Waals surface area contributed by atoms with Crippen molar-refractivity contribution in [2.75, 3.05) is 11.6 Å². The molecule has 0 aromatic heterocycles. The molecule has 0 aliphatic heterocycles. The Balaban J connectivity index is 1.94. The van der Waals surface area contributed by atoms with Crippen LogP contribution in [0.3, 0.4) is 0 Å². The maximum absolute atomic E-state index is 12.1. The lowest BCUT2D eigenvalue weighted by atomic mass is 10.1. The van der Waals surface area contributed by atoms with Crippen molar-refractivity contribution >= 4 is 23.4 Å². The van der Waals surface area contributed by atoms with Crippen LogP contribution in [-0.2, 0) is 11.2 Å². The van der Waals surface area contributed by atoms with Gasteiger partial charge in [0.2, 0.25) is 5.91 Å². The molecule has 0 radical (unpaired) electrons. The summed E-state index contributed by atoms with van der Waals surface area (Å²) < 4.78 is 5.78. The third kappa shape index (κ3) is 5.99. The van der Waals surface area contributed by atoms with Crippen molar-refractivity contribution in [3.8, 4) is 5.75 Å². The number of anilines is 1. The fourth-order valence-electron chi connectivity index (χ4n) is 2.12. The molecular formula is C19H23NO2S. The van der Waals surface area contributed by atoms with Crippen LogP contribution >= 0.6 is 11.8 Å². The average Bonchev–Trinajstić information content (AvgIpc) is 2.48. The molecule has 1 amide bonds. The summed E-state index contributed by atoms with van der Waals surface area (Å²) in [6, 6.07) is 15.5. The van der Waals surface area contributed by atoms with Crippen molar-refractivity contribution in [1.29, 1.82) is 0 Å². The number of benzene rings is 2. The van der Waals surface area contributed by atoms with Crippen molar-refractivity contribution in [2.45, 2.75) is 37.7 Å². The second-order valence-corrected chi connectivity index (χ2v) is 7.19. The highest BCUT2D eigenvalue weighted by Crippen LogP contribution is 2.20. The predicted octanol–water partition coefficient (Wildman–Crippen LogP) is 4.77. The van der Waals surface area contributed by atoms with E-state index in [1.165, 1.54) is 0 Å². The van der Waals surface area contributed by atoms with Crippen LogP contribution in [0.5, 0.6) is 5.75 Å². The van der Waals surface area contributed by atoms with Gasteiger partial charge in [-0.25, -0.2) is 0 Å². The highest BCUT2D eigenvalue weighted by Gasteiger charge is 2.11. The van der Waals surface area contributed by atoms with Crippen molar-refractivity contribution in [1.82, 2.24) is 0 Å². The Kier molecular flexibility index (Phi) is 5.72. The van der Waals surface area contributed by atoms with Crippen molar-refractivity contribution in [3.63, 3.8) is 0 Å². The lowest BCUT2D eigenvalue weighted by molar-refractivity contribution is -0.115. The Hall–Kier alpha value is -1.94. The zero-order chi connectivity index (χ0) is 16.9. The largest absolute Gasteiger partial charge is 0.488 e. The minimum Gasteiger partial charge on any atom is -0.488 e. The number of hydrogen-bond donors (Lipinski definition) is 1. The van der Waals surface area contributed by atoms with Gasteiger partial charge in [0.25, 0.3) is 0 Å². The van der Waals surface area contributed by atoms with Crippen LogP contribution in [-0.4, -0.2) is 17.8 Å². The smallest absolute Gasteiger partial charge is 0.228 e. The molecule has 0 atom stereocenters. The second kappa shape index (κ2) is 7.55. The van der Waals surface area contributed by atoms with E-state index < -0.39 is 0 Å². The molecule has 0 spiro atoms. The predicted molar refractivity (Wildman–Crippen MR) is 97.4 cm³/mol. The van der Waals surface area contributed by atoms with Gasteiger partial charge >= 0.3 is 0 Å². The van der Waals surface area contributed by atoms with E-state index in [0.717, 1.165) is 21.9 Å². The molecule has 2 aromatic rings. The Labute approximate surface area is 142 Å². The maximum Gasteiger partial charge on any atom is 0.228 e. The van der Waals surface area contributed by atoms with E-state index in [0.29, 0.717) is 6.42 Å². The third-order valence-corrected chi connectivity index (χ3v) is 3.79. The first-order valence-electron chi connectivity index (χ1n) is 7.57. The van der Waals surface area contributed by atoms with Crippen LogP contribution in [0.15, 0.2) is 53.4 Å². The second-order valence-electron chi connectivity index (χ2n) is 6.32. The number of ether oxygens (including phenoxy) is 1. The highest BCUT2D eigenvalue weighted by molar-refractivity contribution is 7.98. The third-order valence-electron chi connectivity index (χ3n) is 3.07. The van der Waals surface area contributed by atoms with Gasteiger partial charge in [0.05, 0.1) is 6.42 Å². The molecular weight excluding hydrogens is 306 g/mol.